The van der Waals surface area contributed by atoms with E-state index in [9.17, 15) is 10.2 Å². The summed E-state index contributed by atoms with van der Waals surface area (Å²) >= 11 is 8.76. The number of aromatic nitrogens is 3. The van der Waals surface area contributed by atoms with Crippen molar-refractivity contribution < 1.29 is 25.0 Å². The molecule has 6 aromatic carbocycles. The molecule has 6 unspecified atom stereocenters. The van der Waals surface area contributed by atoms with E-state index in [1.165, 1.54) is 118 Å². The number of rotatable bonds is 7. The van der Waals surface area contributed by atoms with Gasteiger partial charge in [0.1, 0.15) is 17.2 Å². The summed E-state index contributed by atoms with van der Waals surface area (Å²) in [6.07, 6.45) is 25.3. The molecule has 0 aliphatic carbocycles. The van der Waals surface area contributed by atoms with Gasteiger partial charge in [-0.25, -0.2) is 0 Å². The number of nitrogens with one attached hydrogen (secondary N) is 3. The first-order valence-electron chi connectivity index (χ1n) is 32.2. The molecule has 3 aromatic heterocycles. The Morgan fingerprint density at radius 1 is 0.435 bits per heavy atom. The summed E-state index contributed by atoms with van der Waals surface area (Å²) in [7, 11) is 0.367. The average Bonchev–Trinajstić information content (AvgIpc) is 0.957. The number of phenols is 2. The predicted molar refractivity (Wildman–Crippen MR) is 374 cm³/mol. The molecular formula is C73H73BBrN9O5S3. The molecule has 9 aliphatic rings. The lowest BCUT2D eigenvalue weighted by Gasteiger charge is -2.43. The van der Waals surface area contributed by atoms with E-state index >= 15 is 0 Å². The molecule has 9 aliphatic heterocycles. The summed E-state index contributed by atoms with van der Waals surface area (Å²) in [4.78, 5) is 26.7. The van der Waals surface area contributed by atoms with Gasteiger partial charge in [0.15, 0.2) is 0 Å². The second-order valence-corrected chi connectivity index (χ2v) is 29.5. The van der Waals surface area contributed by atoms with Crippen molar-refractivity contribution in [1.82, 2.24) is 30.9 Å². The first-order chi connectivity index (χ1) is 45.0. The molecule has 9 aromatic rings. The molecular weight excluding hydrogens is 1270 g/mol. The van der Waals surface area contributed by atoms with Crippen LogP contribution in [0.1, 0.15) is 77.0 Å². The van der Waals surface area contributed by atoms with Gasteiger partial charge in [0.25, 0.3) is 0 Å². The SMILES string of the molecule is COc1cccc2c1Sc1cc(-c3cccnc3)ccc1N2C1CC2CCC(C1)N2.OB(O)c1cccnc1.Oc1cccc2c1Sc1cc(-c3cccnc3)ccc1N2C1CC2CCC(C1)N2.Oc1cccc2c1Sc1cc(Br)ccc1N2C1CC2CCC(C1)N2. The summed E-state index contributed by atoms with van der Waals surface area (Å²) in [6, 6.07) is 55.0. The largest absolute Gasteiger partial charge is 0.507 e. The van der Waals surface area contributed by atoms with Crippen molar-refractivity contribution in [2.45, 2.75) is 161 Å². The van der Waals surface area contributed by atoms with Gasteiger partial charge in [-0.3, -0.25) is 15.0 Å². The first-order valence-corrected chi connectivity index (χ1v) is 35.4. The standard InChI is InChI=1S/C25H25N3OS.C24H23N3OS.C19H19BrN2OS.C5H6BNO2/c1-29-23-6-2-5-22-25(23)30-24-12-16(17-4-3-11-26-15-17)7-10-21(24)28(22)20-13-18-8-9-19(14-20)27-18;28-22-5-1-4-21-24(22)29-23-11-15(16-3-2-10-25-14-16)6-9-20(23)27(21)19-12-17-7-8-18(13-19)26-17;20-11-4-7-15-18(8-11)24-19-16(2-1-3-17(19)23)22(15)14-9-12-5-6-13(10-14)21-12;8-6(9)5-2-1-3-7-4-5/h2-7,10-12,15,18-20,27H,8-9,13-14H2,1H3;1-6,9-11,14,17-19,26,28H,7-8,12-13H2;1-4,7-8,12-14,21,23H,5-6,9-10H2;1-4,8-9H. The molecule has 7 N–H and O–H groups in total. The molecule has 0 radical (unpaired) electrons. The van der Waals surface area contributed by atoms with Crippen molar-refractivity contribution in [3.8, 4) is 39.5 Å². The molecule has 92 heavy (non-hydrogen) atoms. The van der Waals surface area contributed by atoms with Crippen LogP contribution in [0.4, 0.5) is 34.1 Å². The maximum absolute atomic E-state index is 10.6. The number of anilines is 6. The first kappa shape index (κ1) is 61.2. The highest BCUT2D eigenvalue weighted by Crippen LogP contribution is 2.58. The number of ether oxygens (including phenoxy) is 1. The Bertz CT molecular complexity index is 4100. The summed E-state index contributed by atoms with van der Waals surface area (Å²) in [5.74, 6) is 1.70. The van der Waals surface area contributed by atoms with Crippen LogP contribution in [0.25, 0.3) is 22.3 Å². The fourth-order valence-corrected chi connectivity index (χ4v) is 19.5. The van der Waals surface area contributed by atoms with Gasteiger partial charge >= 0.3 is 7.12 Å². The van der Waals surface area contributed by atoms with Crippen molar-refractivity contribution in [2.75, 3.05) is 21.8 Å². The van der Waals surface area contributed by atoms with E-state index in [4.69, 9.17) is 14.8 Å². The number of halogens is 1. The topological polar surface area (TPSA) is 175 Å². The van der Waals surface area contributed by atoms with Gasteiger partial charge in [-0.1, -0.05) is 99.7 Å². The van der Waals surface area contributed by atoms with Crippen LogP contribution in [0.3, 0.4) is 0 Å². The molecule has 18 rings (SSSR count). The van der Waals surface area contributed by atoms with Crippen LogP contribution in [0.2, 0.25) is 0 Å². The third-order valence-corrected chi connectivity index (χ3v) is 23.6. The Morgan fingerprint density at radius 3 is 1.22 bits per heavy atom. The molecule has 0 amide bonds. The maximum atomic E-state index is 10.6. The monoisotopic (exact) mass is 1340 g/mol. The Balaban J connectivity index is 0.000000108. The molecule has 6 atom stereocenters. The third kappa shape index (κ3) is 12.5. The fraction of sp³-hybridized carbons (Fsp3) is 0.301. The minimum atomic E-state index is -1.40. The van der Waals surface area contributed by atoms with Crippen molar-refractivity contribution in [3.05, 3.63) is 187 Å². The number of piperidine rings is 3. The van der Waals surface area contributed by atoms with Crippen LogP contribution < -0.4 is 40.8 Å². The fourth-order valence-electron chi connectivity index (χ4n) is 15.5. The van der Waals surface area contributed by atoms with Gasteiger partial charge in [0, 0.05) is 127 Å². The Morgan fingerprint density at radius 2 is 0.826 bits per heavy atom. The van der Waals surface area contributed by atoms with E-state index in [1.807, 2.05) is 54.6 Å². The van der Waals surface area contributed by atoms with Crippen LogP contribution in [-0.4, -0.2) is 104 Å². The molecule has 6 fully saturated rings. The highest BCUT2D eigenvalue weighted by Gasteiger charge is 2.43. The maximum Gasteiger partial charge on any atom is 0.490 e. The van der Waals surface area contributed by atoms with Gasteiger partial charge in [-0.2, -0.15) is 0 Å². The molecule has 14 nitrogen and oxygen atoms in total. The molecule has 6 bridgehead atoms. The van der Waals surface area contributed by atoms with Crippen LogP contribution in [0.15, 0.2) is 217 Å². The highest BCUT2D eigenvalue weighted by atomic mass is 79.9. The van der Waals surface area contributed by atoms with E-state index in [0.29, 0.717) is 71.3 Å². The number of phenolic OH excluding ortho intramolecular Hbond substituents is 2. The van der Waals surface area contributed by atoms with Gasteiger partial charge in [0.2, 0.25) is 0 Å². The average molecular weight is 1340 g/mol. The molecule has 12 heterocycles. The summed E-state index contributed by atoms with van der Waals surface area (Å²) in [6.45, 7) is 0. The molecule has 19 heteroatoms. The summed E-state index contributed by atoms with van der Waals surface area (Å²) < 4.78 is 6.84. The van der Waals surface area contributed by atoms with E-state index < -0.39 is 7.12 Å². The molecule has 468 valence electrons. The zero-order valence-electron chi connectivity index (χ0n) is 51.1. The van der Waals surface area contributed by atoms with Crippen LogP contribution >= 0.6 is 51.2 Å². The summed E-state index contributed by atoms with van der Waals surface area (Å²) in [5.41, 5.74) is 12.5. The van der Waals surface area contributed by atoms with Crippen LogP contribution in [-0.2, 0) is 0 Å². The number of fused-ring (bicyclic) bond motifs is 12. The predicted octanol–water partition coefficient (Wildman–Crippen LogP) is 14.8. The van der Waals surface area contributed by atoms with Crippen LogP contribution in [0, 0.1) is 0 Å². The van der Waals surface area contributed by atoms with E-state index in [-0.39, 0.29) is 0 Å². The van der Waals surface area contributed by atoms with Gasteiger partial charge in [-0.15, -0.1) is 0 Å². The smallest absolute Gasteiger partial charge is 0.490 e. The number of hydrogen-bond donors (Lipinski definition) is 7. The normalized spacial score (nSPS) is 23.9. The highest BCUT2D eigenvalue weighted by molar-refractivity contribution is 9.10. The number of hydrogen-bond acceptors (Lipinski definition) is 17. The van der Waals surface area contributed by atoms with Crippen molar-refractivity contribution in [1.29, 1.82) is 0 Å². The van der Waals surface area contributed by atoms with Crippen molar-refractivity contribution in [2.24, 2.45) is 0 Å². The lowest BCUT2D eigenvalue weighted by molar-refractivity contribution is 0.358. The number of benzene rings is 6. The lowest BCUT2D eigenvalue weighted by Crippen LogP contribution is -2.47. The zero-order valence-corrected chi connectivity index (χ0v) is 55.1. The van der Waals surface area contributed by atoms with Crippen molar-refractivity contribution in [3.63, 3.8) is 0 Å². The Labute approximate surface area is 559 Å². The zero-order chi connectivity index (χ0) is 62.4. The third-order valence-electron chi connectivity index (χ3n) is 19.6. The van der Waals surface area contributed by atoms with E-state index in [0.717, 1.165) is 60.9 Å². The number of aromatic hydroxyl groups is 2. The van der Waals surface area contributed by atoms with E-state index in [1.54, 1.807) is 67.3 Å². The second kappa shape index (κ2) is 26.8. The quantitative estimate of drug-likeness (QED) is 0.0750. The van der Waals surface area contributed by atoms with Gasteiger partial charge < -0.3 is 55.6 Å². The Kier molecular flexibility index (Phi) is 17.8. The number of methoxy groups -OCH3 is 1. The van der Waals surface area contributed by atoms with Gasteiger partial charge in [0.05, 0.1) is 55.9 Å². The van der Waals surface area contributed by atoms with Crippen molar-refractivity contribution >= 4 is 97.9 Å². The molecule has 6 saturated heterocycles. The van der Waals surface area contributed by atoms with E-state index in [2.05, 4.69) is 159 Å². The van der Waals surface area contributed by atoms with Gasteiger partial charge in [-0.05, 0) is 185 Å². The number of nitrogens with zero attached hydrogens (tertiary/aromatic N) is 6. The van der Waals surface area contributed by atoms with Crippen LogP contribution in [0.5, 0.6) is 17.2 Å². The molecule has 0 saturated carbocycles. The number of pyridine rings is 3. The Hall–Kier alpha value is -7.04. The lowest BCUT2D eigenvalue weighted by atomic mass is 9.82. The minimum absolute atomic E-state index is 0.367. The minimum Gasteiger partial charge on any atom is -0.507 e. The second-order valence-electron chi connectivity index (χ2n) is 25.4. The summed E-state index contributed by atoms with van der Waals surface area (Å²) in [5, 5.41) is 49.4. The molecule has 0 spiro atoms.